The van der Waals surface area contributed by atoms with E-state index in [-0.39, 0.29) is 30.3 Å². The van der Waals surface area contributed by atoms with Crippen LogP contribution in [0.3, 0.4) is 0 Å². The molecule has 212 valence electrons. The minimum Gasteiger partial charge on any atom is -0.480 e. The van der Waals surface area contributed by atoms with Crippen LogP contribution in [0.15, 0.2) is 30.5 Å². The number of nitrogens with zero attached hydrogens (tertiary/aromatic N) is 5. The fraction of sp³-hybridized carbons (Fsp3) is 0.536. The van der Waals surface area contributed by atoms with Gasteiger partial charge in [-0.15, -0.1) is 0 Å². The number of carboxylic acid groups (broad SMARTS) is 1. The van der Waals surface area contributed by atoms with E-state index in [4.69, 9.17) is 4.74 Å². The summed E-state index contributed by atoms with van der Waals surface area (Å²) in [6.45, 7) is 11.9. The summed E-state index contributed by atoms with van der Waals surface area (Å²) in [7, 11) is 0. The molecule has 11 nitrogen and oxygen atoms in total. The molecule has 0 radical (unpaired) electrons. The maximum atomic E-state index is 12.5. The minimum absolute atomic E-state index is 0.140. The Balaban J connectivity index is 1.82. The summed E-state index contributed by atoms with van der Waals surface area (Å²) in [4.78, 5) is 51.5. The number of likely N-dealkylation sites (tertiary alicyclic amines) is 1. The van der Waals surface area contributed by atoms with E-state index < -0.39 is 12.0 Å². The van der Waals surface area contributed by atoms with Crippen LogP contribution in [0.25, 0.3) is 0 Å². The van der Waals surface area contributed by atoms with Crippen molar-refractivity contribution in [3.63, 3.8) is 0 Å². The number of hydrogen-bond donors (Lipinski definition) is 2. The Hall–Kier alpha value is -3.89. The lowest BCUT2D eigenvalue weighted by Crippen LogP contribution is -2.38. The van der Waals surface area contributed by atoms with Crippen LogP contribution < -0.4 is 19.9 Å². The highest BCUT2D eigenvalue weighted by Crippen LogP contribution is 2.29. The smallest absolute Gasteiger partial charge is 0.415 e. The predicted molar refractivity (Wildman–Crippen MR) is 151 cm³/mol. The van der Waals surface area contributed by atoms with Gasteiger partial charge >= 0.3 is 12.1 Å². The predicted octanol–water partition coefficient (Wildman–Crippen LogP) is 4.18. The summed E-state index contributed by atoms with van der Waals surface area (Å²) in [5.41, 5.74) is 1.15. The van der Waals surface area contributed by atoms with Crippen LogP contribution in [0.5, 0.6) is 5.75 Å². The fourth-order valence-corrected chi connectivity index (χ4v) is 4.66. The van der Waals surface area contributed by atoms with Crippen molar-refractivity contribution in [3.8, 4) is 5.75 Å². The molecule has 1 aliphatic rings. The third-order valence-corrected chi connectivity index (χ3v) is 6.71. The van der Waals surface area contributed by atoms with Crippen molar-refractivity contribution in [2.24, 2.45) is 0 Å². The Morgan fingerprint density at radius 1 is 1.08 bits per heavy atom. The molecular formula is C28H40N6O5. The van der Waals surface area contributed by atoms with Gasteiger partial charge in [0.15, 0.2) is 5.82 Å². The second-order valence-corrected chi connectivity index (χ2v) is 9.86. The molecule has 1 atom stereocenters. The largest absolute Gasteiger partial charge is 0.480 e. The van der Waals surface area contributed by atoms with E-state index in [1.54, 1.807) is 40.3 Å². The number of carbonyl (C=O) groups is 3. The maximum Gasteiger partial charge on any atom is 0.415 e. The number of carboxylic acids is 1. The molecule has 1 aromatic carbocycles. The summed E-state index contributed by atoms with van der Waals surface area (Å²) in [6, 6.07) is 5.60. The molecule has 1 aliphatic heterocycles. The molecule has 1 saturated heterocycles. The van der Waals surface area contributed by atoms with Crippen LogP contribution >= 0.6 is 0 Å². The SMILES string of the molecule is CCN(CC)c1ncc(N(C(C)=O)C(C)C)c(N[C@@H](Cc2ccc(OC(=O)N3CCCCC3)cc2)C(=O)O)n1. The van der Waals surface area contributed by atoms with Gasteiger partial charge in [0.25, 0.3) is 0 Å². The first-order chi connectivity index (χ1) is 18.6. The number of anilines is 3. The van der Waals surface area contributed by atoms with Crippen molar-refractivity contribution in [2.75, 3.05) is 41.3 Å². The lowest BCUT2D eigenvalue weighted by atomic mass is 10.1. The zero-order valence-corrected chi connectivity index (χ0v) is 23.5. The molecule has 0 spiro atoms. The molecule has 11 heteroatoms. The highest BCUT2D eigenvalue weighted by Gasteiger charge is 2.26. The topological polar surface area (TPSA) is 128 Å². The Kier molecular flexibility index (Phi) is 10.5. The number of benzene rings is 1. The second-order valence-electron chi connectivity index (χ2n) is 9.86. The third kappa shape index (κ3) is 7.81. The molecule has 0 bridgehead atoms. The molecule has 0 aliphatic carbocycles. The quantitative estimate of drug-likeness (QED) is 0.431. The molecular weight excluding hydrogens is 500 g/mol. The first kappa shape index (κ1) is 29.7. The molecule has 39 heavy (non-hydrogen) atoms. The Morgan fingerprint density at radius 2 is 1.72 bits per heavy atom. The van der Waals surface area contributed by atoms with E-state index in [1.807, 2.05) is 32.6 Å². The molecule has 0 saturated carbocycles. The standard InChI is InChI=1S/C28H40N6O5/c1-6-32(7-2)27-29-18-24(34(19(3)4)20(5)35)25(31-27)30-23(26(36)37)17-21-11-13-22(14-12-21)39-28(38)33-15-9-8-10-16-33/h11-14,18-19,23H,6-10,15-17H2,1-5H3,(H,36,37)(H,29,30,31)/t23-/m0/s1. The first-order valence-corrected chi connectivity index (χ1v) is 13.6. The van der Waals surface area contributed by atoms with E-state index in [9.17, 15) is 19.5 Å². The molecule has 2 aromatic rings. The van der Waals surface area contributed by atoms with Crippen LogP contribution in [0.4, 0.5) is 22.2 Å². The lowest BCUT2D eigenvalue weighted by molar-refractivity contribution is -0.137. The van der Waals surface area contributed by atoms with Crippen LogP contribution in [-0.2, 0) is 16.0 Å². The van der Waals surface area contributed by atoms with Gasteiger partial charge in [-0.2, -0.15) is 4.98 Å². The average molecular weight is 541 g/mol. The molecule has 1 fully saturated rings. The Bertz CT molecular complexity index is 1130. The van der Waals surface area contributed by atoms with Gasteiger partial charge in [-0.1, -0.05) is 12.1 Å². The lowest BCUT2D eigenvalue weighted by Gasteiger charge is -2.29. The first-order valence-electron chi connectivity index (χ1n) is 13.6. The third-order valence-electron chi connectivity index (χ3n) is 6.71. The number of amides is 2. The number of hydrogen-bond acceptors (Lipinski definition) is 8. The monoisotopic (exact) mass is 540 g/mol. The number of aliphatic carboxylic acids is 1. The van der Waals surface area contributed by atoms with Gasteiger partial charge in [0.05, 0.1) is 6.20 Å². The summed E-state index contributed by atoms with van der Waals surface area (Å²) in [5.74, 6) is -0.139. The summed E-state index contributed by atoms with van der Waals surface area (Å²) in [6.07, 6.45) is 4.41. The molecule has 2 amide bonds. The van der Waals surface area contributed by atoms with Crippen molar-refractivity contribution in [3.05, 3.63) is 36.0 Å². The number of aromatic nitrogens is 2. The molecule has 0 unspecified atom stereocenters. The summed E-state index contributed by atoms with van der Waals surface area (Å²) < 4.78 is 5.50. The van der Waals surface area contributed by atoms with E-state index in [0.717, 1.165) is 24.8 Å². The Morgan fingerprint density at radius 3 is 2.26 bits per heavy atom. The number of piperidine rings is 1. The van der Waals surface area contributed by atoms with Gasteiger partial charge in [-0.25, -0.2) is 14.6 Å². The van der Waals surface area contributed by atoms with Crippen molar-refractivity contribution in [1.82, 2.24) is 14.9 Å². The van der Waals surface area contributed by atoms with Crippen molar-refractivity contribution >= 4 is 35.4 Å². The van der Waals surface area contributed by atoms with Gasteiger partial charge in [-0.3, -0.25) is 4.79 Å². The fourth-order valence-electron chi connectivity index (χ4n) is 4.66. The number of rotatable bonds is 11. The maximum absolute atomic E-state index is 12.5. The highest BCUT2D eigenvalue weighted by molar-refractivity contribution is 5.95. The normalized spacial score (nSPS) is 14.1. The van der Waals surface area contributed by atoms with E-state index in [1.165, 1.54) is 6.92 Å². The van der Waals surface area contributed by atoms with Crippen LogP contribution in [0.1, 0.15) is 59.4 Å². The minimum atomic E-state index is -1.07. The molecule has 1 aromatic heterocycles. The molecule has 2 N–H and O–H groups in total. The van der Waals surface area contributed by atoms with Crippen molar-refractivity contribution < 1.29 is 24.2 Å². The van der Waals surface area contributed by atoms with Crippen LogP contribution in [-0.4, -0.2) is 76.2 Å². The van der Waals surface area contributed by atoms with E-state index in [2.05, 4.69) is 15.3 Å². The van der Waals surface area contributed by atoms with Gasteiger partial charge in [0.2, 0.25) is 11.9 Å². The number of ether oxygens (including phenoxy) is 1. The Labute approximate surface area is 230 Å². The van der Waals surface area contributed by atoms with E-state index >= 15 is 0 Å². The van der Waals surface area contributed by atoms with Crippen molar-refractivity contribution in [2.45, 2.75) is 72.4 Å². The van der Waals surface area contributed by atoms with Gasteiger partial charge in [-0.05, 0) is 64.7 Å². The number of carbonyl (C=O) groups excluding carboxylic acids is 2. The van der Waals surface area contributed by atoms with Crippen molar-refractivity contribution in [1.29, 1.82) is 0 Å². The van der Waals surface area contributed by atoms with Gasteiger partial charge in [0, 0.05) is 45.6 Å². The van der Waals surface area contributed by atoms with Crippen LogP contribution in [0.2, 0.25) is 0 Å². The summed E-state index contributed by atoms with van der Waals surface area (Å²) >= 11 is 0. The molecule has 3 rings (SSSR count). The zero-order chi connectivity index (χ0) is 28.5. The highest BCUT2D eigenvalue weighted by atomic mass is 16.6. The summed E-state index contributed by atoms with van der Waals surface area (Å²) in [5, 5.41) is 13.1. The zero-order valence-electron chi connectivity index (χ0n) is 23.5. The second kappa shape index (κ2) is 13.8. The van der Waals surface area contributed by atoms with Gasteiger partial charge in [0.1, 0.15) is 17.5 Å². The average Bonchev–Trinajstić information content (AvgIpc) is 2.91. The molecule has 2 heterocycles. The van der Waals surface area contributed by atoms with E-state index in [0.29, 0.717) is 43.6 Å². The van der Waals surface area contributed by atoms with Crippen LogP contribution in [0, 0.1) is 0 Å². The van der Waals surface area contributed by atoms with Gasteiger partial charge < -0.3 is 29.9 Å². The number of nitrogens with one attached hydrogen (secondary N) is 1.